The average Bonchev–Trinajstić information content (AvgIpc) is 2.77. The number of esters is 2. The van der Waals surface area contributed by atoms with E-state index >= 15 is 0 Å². The van der Waals surface area contributed by atoms with E-state index < -0.39 is 11.9 Å². The summed E-state index contributed by atoms with van der Waals surface area (Å²) in [4.78, 5) is 29.3. The van der Waals surface area contributed by atoms with Gasteiger partial charge in [0.05, 0.1) is 33.0 Å². The molecule has 0 aromatic heterocycles. The summed E-state index contributed by atoms with van der Waals surface area (Å²) in [7, 11) is 2.64. The van der Waals surface area contributed by atoms with Crippen LogP contribution in [0.2, 0.25) is 0 Å². The number of methoxy groups -OCH3 is 2. The molecule has 2 aromatic rings. The van der Waals surface area contributed by atoms with Gasteiger partial charge in [0.15, 0.2) is 0 Å². The van der Waals surface area contributed by atoms with Crippen LogP contribution in [0, 0.1) is 13.8 Å². The summed E-state index contributed by atoms with van der Waals surface area (Å²) in [5, 5.41) is 0. The summed E-state index contributed by atoms with van der Waals surface area (Å²) >= 11 is 0. The smallest absolute Gasteiger partial charge is 0.355 e. The molecule has 6 heteroatoms. The van der Waals surface area contributed by atoms with Crippen LogP contribution in [-0.2, 0) is 25.5 Å². The topological polar surface area (TPSA) is 59.1 Å². The molecular formula is C24H28N2O4. The molecule has 3 rings (SSSR count). The van der Waals surface area contributed by atoms with Gasteiger partial charge in [-0.3, -0.25) is 0 Å². The number of benzene rings is 2. The molecule has 0 atom stereocenters. The lowest BCUT2D eigenvalue weighted by atomic mass is 10.0. The minimum Gasteiger partial charge on any atom is -0.466 e. The van der Waals surface area contributed by atoms with E-state index in [0.717, 1.165) is 23.4 Å². The Labute approximate surface area is 177 Å². The highest BCUT2D eigenvalue weighted by Crippen LogP contribution is 2.32. The molecule has 0 radical (unpaired) electrons. The van der Waals surface area contributed by atoms with E-state index in [0.29, 0.717) is 6.67 Å². The van der Waals surface area contributed by atoms with E-state index in [1.54, 1.807) is 0 Å². The van der Waals surface area contributed by atoms with Crippen molar-refractivity contribution < 1.29 is 19.1 Å². The van der Waals surface area contributed by atoms with Crippen LogP contribution < -0.4 is 9.80 Å². The van der Waals surface area contributed by atoms with Gasteiger partial charge in [-0.15, -0.1) is 0 Å². The fourth-order valence-corrected chi connectivity index (χ4v) is 3.78. The van der Waals surface area contributed by atoms with Crippen molar-refractivity contribution in [2.45, 2.75) is 27.2 Å². The van der Waals surface area contributed by atoms with Gasteiger partial charge in [0.2, 0.25) is 0 Å². The quantitative estimate of drug-likeness (QED) is 0.703. The number of hydrogen-bond donors (Lipinski definition) is 0. The molecule has 30 heavy (non-hydrogen) atoms. The van der Waals surface area contributed by atoms with Gasteiger partial charge < -0.3 is 19.3 Å². The van der Waals surface area contributed by atoms with Gasteiger partial charge in [0.25, 0.3) is 0 Å². The van der Waals surface area contributed by atoms with Crippen molar-refractivity contribution in [3.63, 3.8) is 0 Å². The van der Waals surface area contributed by atoms with Crippen molar-refractivity contribution in [3.8, 4) is 0 Å². The summed E-state index contributed by atoms with van der Waals surface area (Å²) in [5.41, 5.74) is 5.76. The first-order chi connectivity index (χ1) is 14.4. The second kappa shape index (κ2) is 9.03. The molecule has 0 saturated carbocycles. The van der Waals surface area contributed by atoms with E-state index in [-0.39, 0.29) is 17.8 Å². The predicted molar refractivity (Wildman–Crippen MR) is 117 cm³/mol. The first kappa shape index (κ1) is 21.4. The van der Waals surface area contributed by atoms with Gasteiger partial charge in [0.1, 0.15) is 5.70 Å². The zero-order valence-electron chi connectivity index (χ0n) is 18.2. The molecule has 0 spiro atoms. The van der Waals surface area contributed by atoms with Crippen molar-refractivity contribution >= 4 is 23.3 Å². The molecule has 2 aromatic carbocycles. The Hall–Kier alpha value is -3.28. The van der Waals surface area contributed by atoms with Crippen molar-refractivity contribution in [1.82, 2.24) is 0 Å². The summed E-state index contributed by atoms with van der Waals surface area (Å²) in [5.74, 6) is -1.10. The monoisotopic (exact) mass is 408 g/mol. The number of rotatable bonds is 5. The molecule has 158 valence electrons. The lowest BCUT2D eigenvalue weighted by Gasteiger charge is -2.40. The summed E-state index contributed by atoms with van der Waals surface area (Å²) in [6.45, 7) is 6.83. The summed E-state index contributed by atoms with van der Waals surface area (Å²) < 4.78 is 10.0. The molecule has 1 heterocycles. The highest BCUT2D eigenvalue weighted by molar-refractivity contribution is 6.04. The predicted octanol–water partition coefficient (Wildman–Crippen LogP) is 3.75. The number of carbonyl (C=O) groups excluding carboxylic acids is 2. The molecule has 0 unspecified atom stereocenters. The third-order valence-corrected chi connectivity index (χ3v) is 5.38. The standard InChI is InChI=1S/C24H28N2O4/c1-6-18-8-10-19(11-9-18)26-15-25(21-12-7-16(2)13-17(21)3)14-20(23(27)29-4)22(26)24(28)30-5/h7-13H,6,14-15H2,1-5H3. The average molecular weight is 408 g/mol. The van der Waals surface area contributed by atoms with Crippen molar-refractivity contribution in [2.75, 3.05) is 37.2 Å². The molecule has 0 saturated heterocycles. The highest BCUT2D eigenvalue weighted by Gasteiger charge is 2.35. The lowest BCUT2D eigenvalue weighted by molar-refractivity contribution is -0.139. The van der Waals surface area contributed by atoms with Crippen molar-refractivity contribution in [3.05, 3.63) is 70.4 Å². The largest absolute Gasteiger partial charge is 0.466 e. The van der Waals surface area contributed by atoms with E-state index in [1.807, 2.05) is 55.1 Å². The third kappa shape index (κ3) is 4.17. The molecule has 0 bridgehead atoms. The molecular weight excluding hydrogens is 380 g/mol. The normalized spacial score (nSPS) is 14.0. The Kier molecular flexibility index (Phi) is 6.45. The molecule has 6 nitrogen and oxygen atoms in total. The highest BCUT2D eigenvalue weighted by atomic mass is 16.5. The van der Waals surface area contributed by atoms with E-state index in [2.05, 4.69) is 17.9 Å². The van der Waals surface area contributed by atoms with Gasteiger partial charge >= 0.3 is 11.9 Å². The number of ether oxygens (including phenoxy) is 2. The maximum Gasteiger partial charge on any atom is 0.355 e. The van der Waals surface area contributed by atoms with Crippen molar-refractivity contribution in [1.29, 1.82) is 0 Å². The van der Waals surface area contributed by atoms with Crippen LogP contribution in [-0.4, -0.2) is 39.4 Å². The van der Waals surface area contributed by atoms with Crippen LogP contribution in [0.3, 0.4) is 0 Å². The van der Waals surface area contributed by atoms with Crippen LogP contribution in [0.4, 0.5) is 11.4 Å². The Morgan fingerprint density at radius 1 is 0.967 bits per heavy atom. The van der Waals surface area contributed by atoms with Gasteiger partial charge in [-0.25, -0.2) is 9.59 Å². The fraction of sp³-hybridized carbons (Fsp3) is 0.333. The number of anilines is 2. The van der Waals surface area contributed by atoms with E-state index in [4.69, 9.17) is 9.47 Å². The fourth-order valence-electron chi connectivity index (χ4n) is 3.78. The SMILES string of the molecule is CCc1ccc(N2CN(c3ccc(C)cc3C)CC(C(=O)OC)=C2C(=O)OC)cc1. The summed E-state index contributed by atoms with van der Waals surface area (Å²) in [6, 6.07) is 14.2. The number of carbonyl (C=O) groups is 2. The second-order valence-corrected chi connectivity index (χ2v) is 7.39. The van der Waals surface area contributed by atoms with Crippen molar-refractivity contribution in [2.24, 2.45) is 0 Å². The maximum atomic E-state index is 12.7. The van der Waals surface area contributed by atoms with Crippen LogP contribution in [0.1, 0.15) is 23.6 Å². The number of nitrogens with zero attached hydrogens (tertiary/aromatic N) is 2. The molecule has 1 aliphatic rings. The van der Waals surface area contributed by atoms with E-state index in [9.17, 15) is 9.59 Å². The van der Waals surface area contributed by atoms with Gasteiger partial charge in [-0.05, 0) is 49.6 Å². The van der Waals surface area contributed by atoms with Crippen LogP contribution >= 0.6 is 0 Å². The first-order valence-corrected chi connectivity index (χ1v) is 9.98. The van der Waals surface area contributed by atoms with Crippen LogP contribution in [0.5, 0.6) is 0 Å². The minimum atomic E-state index is -0.560. The Morgan fingerprint density at radius 3 is 2.20 bits per heavy atom. The second-order valence-electron chi connectivity index (χ2n) is 7.39. The van der Waals surface area contributed by atoms with Crippen LogP contribution in [0.15, 0.2) is 53.7 Å². The number of hydrogen-bond acceptors (Lipinski definition) is 6. The van der Waals surface area contributed by atoms with Gasteiger partial charge in [-0.1, -0.05) is 36.8 Å². The third-order valence-electron chi connectivity index (χ3n) is 5.38. The maximum absolute atomic E-state index is 12.7. The van der Waals surface area contributed by atoms with E-state index in [1.165, 1.54) is 25.3 Å². The summed E-state index contributed by atoms with van der Waals surface area (Å²) in [6.07, 6.45) is 0.919. The molecule has 0 amide bonds. The lowest BCUT2D eigenvalue weighted by Crippen LogP contribution is -2.48. The van der Waals surface area contributed by atoms with Gasteiger partial charge in [0, 0.05) is 11.4 Å². The zero-order valence-corrected chi connectivity index (χ0v) is 18.2. The zero-order chi connectivity index (χ0) is 21.8. The Bertz CT molecular complexity index is 979. The molecule has 1 aliphatic heterocycles. The Balaban J connectivity index is 2.15. The van der Waals surface area contributed by atoms with Crippen LogP contribution in [0.25, 0.3) is 0 Å². The molecule has 0 aliphatic carbocycles. The first-order valence-electron chi connectivity index (χ1n) is 9.98. The minimum absolute atomic E-state index is 0.217. The molecule has 0 fully saturated rings. The number of aryl methyl sites for hydroxylation is 3. The van der Waals surface area contributed by atoms with Gasteiger partial charge in [-0.2, -0.15) is 0 Å². The Morgan fingerprint density at radius 2 is 1.63 bits per heavy atom. The molecule has 0 N–H and O–H groups in total.